The Kier molecular flexibility index (Phi) is 5.20. The molecule has 0 aliphatic carbocycles. The van der Waals surface area contributed by atoms with Gasteiger partial charge in [-0.2, -0.15) is 0 Å². The third-order valence-electron chi connectivity index (χ3n) is 3.62. The number of carbonyl (C=O) groups excluding carboxylic acids is 1. The fourth-order valence-electron chi connectivity index (χ4n) is 2.43. The average molecular weight is 286 g/mol. The van der Waals surface area contributed by atoms with Crippen LogP contribution in [0.2, 0.25) is 0 Å². The van der Waals surface area contributed by atoms with Gasteiger partial charge in [-0.15, -0.1) is 0 Å². The highest BCUT2D eigenvalue weighted by Gasteiger charge is 2.20. The molecule has 1 unspecified atom stereocenters. The molecule has 0 saturated heterocycles. The minimum atomic E-state index is -0.192. The standard InChI is InChI=1S/C18H22O3/c1-4-10-21-18(19)17(5-2)15-7-6-14-12-16(20-3)9-8-13(14)11-15/h6-9,11-12,17H,4-5,10H2,1-3H3. The van der Waals surface area contributed by atoms with E-state index in [2.05, 4.69) is 6.07 Å². The van der Waals surface area contributed by atoms with E-state index in [4.69, 9.17) is 9.47 Å². The third-order valence-corrected chi connectivity index (χ3v) is 3.62. The van der Waals surface area contributed by atoms with Crippen LogP contribution in [0.25, 0.3) is 10.8 Å². The average Bonchev–Trinajstić information content (AvgIpc) is 2.53. The highest BCUT2D eigenvalue weighted by Crippen LogP contribution is 2.27. The van der Waals surface area contributed by atoms with Gasteiger partial charge >= 0.3 is 5.97 Å². The predicted molar refractivity (Wildman–Crippen MR) is 84.8 cm³/mol. The van der Waals surface area contributed by atoms with E-state index in [1.54, 1.807) is 7.11 Å². The van der Waals surface area contributed by atoms with Crippen molar-refractivity contribution in [2.75, 3.05) is 13.7 Å². The van der Waals surface area contributed by atoms with Gasteiger partial charge in [0.2, 0.25) is 0 Å². The van der Waals surface area contributed by atoms with Gasteiger partial charge < -0.3 is 9.47 Å². The molecule has 3 heteroatoms. The van der Waals surface area contributed by atoms with E-state index in [-0.39, 0.29) is 11.9 Å². The molecule has 0 aliphatic heterocycles. The van der Waals surface area contributed by atoms with Crippen molar-refractivity contribution in [1.82, 2.24) is 0 Å². The topological polar surface area (TPSA) is 35.5 Å². The molecule has 0 aliphatic rings. The number of fused-ring (bicyclic) bond motifs is 1. The molecule has 0 amide bonds. The Labute approximate surface area is 125 Å². The number of hydrogen-bond acceptors (Lipinski definition) is 3. The Morgan fingerprint density at radius 2 is 1.81 bits per heavy atom. The molecule has 2 rings (SSSR count). The fraction of sp³-hybridized carbons (Fsp3) is 0.389. The molecule has 0 heterocycles. The number of rotatable bonds is 6. The molecule has 1 atom stereocenters. The zero-order valence-electron chi connectivity index (χ0n) is 12.9. The number of carbonyl (C=O) groups is 1. The van der Waals surface area contributed by atoms with Gasteiger partial charge in [0, 0.05) is 0 Å². The van der Waals surface area contributed by atoms with Gasteiger partial charge in [0.05, 0.1) is 19.6 Å². The highest BCUT2D eigenvalue weighted by atomic mass is 16.5. The Balaban J connectivity index is 2.29. The van der Waals surface area contributed by atoms with Crippen LogP contribution in [0.3, 0.4) is 0 Å². The van der Waals surface area contributed by atoms with Crippen LogP contribution in [0.4, 0.5) is 0 Å². The van der Waals surface area contributed by atoms with Crippen LogP contribution in [0, 0.1) is 0 Å². The van der Waals surface area contributed by atoms with Gasteiger partial charge in [-0.1, -0.05) is 38.1 Å². The second-order valence-corrected chi connectivity index (χ2v) is 5.10. The summed E-state index contributed by atoms with van der Waals surface area (Å²) in [6.07, 6.45) is 1.59. The van der Waals surface area contributed by atoms with Crippen molar-refractivity contribution >= 4 is 16.7 Å². The van der Waals surface area contributed by atoms with Gasteiger partial charge in [-0.3, -0.25) is 4.79 Å². The number of methoxy groups -OCH3 is 1. The summed E-state index contributed by atoms with van der Waals surface area (Å²) in [4.78, 5) is 12.1. The molecule has 2 aromatic rings. The van der Waals surface area contributed by atoms with Crippen molar-refractivity contribution in [2.45, 2.75) is 32.6 Å². The molecule has 0 N–H and O–H groups in total. The van der Waals surface area contributed by atoms with Crippen LogP contribution in [-0.4, -0.2) is 19.7 Å². The highest BCUT2D eigenvalue weighted by molar-refractivity contribution is 5.86. The molecule has 112 valence electrons. The number of esters is 1. The van der Waals surface area contributed by atoms with Crippen LogP contribution in [-0.2, 0) is 9.53 Å². The molecule has 0 saturated carbocycles. The molecule has 0 fully saturated rings. The fourth-order valence-corrected chi connectivity index (χ4v) is 2.43. The van der Waals surface area contributed by atoms with Gasteiger partial charge in [0.15, 0.2) is 0 Å². The maximum atomic E-state index is 12.1. The van der Waals surface area contributed by atoms with Crippen LogP contribution >= 0.6 is 0 Å². The number of hydrogen-bond donors (Lipinski definition) is 0. The van der Waals surface area contributed by atoms with Gasteiger partial charge in [0.1, 0.15) is 5.75 Å². The van der Waals surface area contributed by atoms with Crippen LogP contribution in [0.5, 0.6) is 5.75 Å². The summed E-state index contributed by atoms with van der Waals surface area (Å²) >= 11 is 0. The quantitative estimate of drug-likeness (QED) is 0.743. The Morgan fingerprint density at radius 1 is 1.10 bits per heavy atom. The van der Waals surface area contributed by atoms with E-state index < -0.39 is 0 Å². The van der Waals surface area contributed by atoms with E-state index in [9.17, 15) is 4.79 Å². The summed E-state index contributed by atoms with van der Waals surface area (Å²) in [6.45, 7) is 4.49. The smallest absolute Gasteiger partial charge is 0.313 e. The first-order chi connectivity index (χ1) is 10.2. The SMILES string of the molecule is CCCOC(=O)C(CC)c1ccc2cc(OC)ccc2c1. The largest absolute Gasteiger partial charge is 0.497 e. The maximum absolute atomic E-state index is 12.1. The molecule has 0 aromatic heterocycles. The molecule has 2 aromatic carbocycles. The predicted octanol–water partition coefficient (Wildman–Crippen LogP) is 4.30. The molecular formula is C18H22O3. The Hall–Kier alpha value is -2.03. The summed E-state index contributed by atoms with van der Waals surface area (Å²) in [5, 5.41) is 2.21. The summed E-state index contributed by atoms with van der Waals surface area (Å²) < 4.78 is 10.5. The van der Waals surface area contributed by atoms with Crippen molar-refractivity contribution in [3.05, 3.63) is 42.0 Å². The summed E-state index contributed by atoms with van der Waals surface area (Å²) in [6, 6.07) is 12.0. The normalized spacial score (nSPS) is 12.1. The second-order valence-electron chi connectivity index (χ2n) is 5.10. The van der Waals surface area contributed by atoms with Crippen molar-refractivity contribution in [3.63, 3.8) is 0 Å². The Morgan fingerprint density at radius 3 is 2.48 bits per heavy atom. The number of ether oxygens (including phenoxy) is 2. The van der Waals surface area contributed by atoms with Crippen molar-refractivity contribution in [1.29, 1.82) is 0 Å². The number of benzene rings is 2. The lowest BCUT2D eigenvalue weighted by Gasteiger charge is -2.15. The van der Waals surface area contributed by atoms with E-state index in [1.165, 1.54) is 0 Å². The van der Waals surface area contributed by atoms with Crippen molar-refractivity contribution in [2.24, 2.45) is 0 Å². The lowest BCUT2D eigenvalue weighted by atomic mass is 9.94. The van der Waals surface area contributed by atoms with E-state index >= 15 is 0 Å². The zero-order valence-corrected chi connectivity index (χ0v) is 12.9. The third kappa shape index (κ3) is 3.54. The summed E-state index contributed by atoms with van der Waals surface area (Å²) in [5.74, 6) is 0.514. The molecule has 3 nitrogen and oxygen atoms in total. The maximum Gasteiger partial charge on any atom is 0.313 e. The van der Waals surface area contributed by atoms with Crippen LogP contribution < -0.4 is 4.74 Å². The van der Waals surface area contributed by atoms with E-state index in [0.29, 0.717) is 6.61 Å². The van der Waals surface area contributed by atoms with Crippen molar-refractivity contribution < 1.29 is 14.3 Å². The first-order valence-corrected chi connectivity index (χ1v) is 7.44. The van der Waals surface area contributed by atoms with E-state index in [1.807, 2.05) is 44.2 Å². The van der Waals surface area contributed by atoms with Crippen LogP contribution in [0.1, 0.15) is 38.2 Å². The van der Waals surface area contributed by atoms with Crippen molar-refractivity contribution in [3.8, 4) is 5.75 Å². The lowest BCUT2D eigenvalue weighted by molar-refractivity contribution is -0.145. The molecule has 0 bridgehead atoms. The van der Waals surface area contributed by atoms with Gasteiger partial charge in [-0.05, 0) is 41.3 Å². The first kappa shape index (κ1) is 15.4. The molecule has 21 heavy (non-hydrogen) atoms. The minimum absolute atomic E-state index is 0.132. The van der Waals surface area contributed by atoms with Crippen LogP contribution in [0.15, 0.2) is 36.4 Å². The minimum Gasteiger partial charge on any atom is -0.497 e. The van der Waals surface area contributed by atoms with Gasteiger partial charge in [0.25, 0.3) is 0 Å². The molecule has 0 spiro atoms. The summed E-state index contributed by atoms with van der Waals surface area (Å²) in [7, 11) is 1.66. The molecular weight excluding hydrogens is 264 g/mol. The summed E-state index contributed by atoms with van der Waals surface area (Å²) in [5.41, 5.74) is 1.01. The molecule has 0 radical (unpaired) electrons. The Bertz CT molecular complexity index is 619. The lowest BCUT2D eigenvalue weighted by Crippen LogP contribution is -2.15. The zero-order chi connectivity index (χ0) is 15.2. The van der Waals surface area contributed by atoms with Gasteiger partial charge in [-0.25, -0.2) is 0 Å². The van der Waals surface area contributed by atoms with E-state index in [0.717, 1.165) is 34.9 Å². The first-order valence-electron chi connectivity index (χ1n) is 7.44. The monoisotopic (exact) mass is 286 g/mol. The second kappa shape index (κ2) is 7.11.